The largest absolute Gasteiger partial charge is 0.508 e. The van der Waals surface area contributed by atoms with Gasteiger partial charge in [-0.1, -0.05) is 13.0 Å². The second-order valence-corrected chi connectivity index (χ2v) is 11.5. The van der Waals surface area contributed by atoms with E-state index in [4.69, 9.17) is 14.6 Å². The number of phenolic OH excluding ortho intramolecular Hbond substituents is 1. The zero-order chi connectivity index (χ0) is 27.9. The fourth-order valence-corrected chi connectivity index (χ4v) is 7.43. The Balaban J connectivity index is 1.17. The molecule has 6 rings (SSSR count). The van der Waals surface area contributed by atoms with Gasteiger partial charge in [-0.3, -0.25) is 0 Å². The second kappa shape index (κ2) is 10.7. The van der Waals surface area contributed by atoms with E-state index in [1.807, 2.05) is 30.3 Å². The summed E-state index contributed by atoms with van der Waals surface area (Å²) in [6.45, 7) is 2.44. The molecule has 0 heterocycles. The molecule has 208 valence electrons. The van der Waals surface area contributed by atoms with Crippen LogP contribution in [0.1, 0.15) is 67.2 Å². The standard InChI is InChI=1S/C33H34F2N2O3/c1-33-14-13-26-25-8-6-24(38)16-21(25)4-7-27(26)28(33)9-12-32(33)37-36-18-20-3-10-30(39-2)22(15-20)19-40-31-11-5-23(34)17-29(31)35/h3,5-6,8,10-11,15-18,26-28,38H,4,7,9,12-14,19H2,1-2H3/b36-18+,37-32+. The van der Waals surface area contributed by atoms with E-state index in [1.54, 1.807) is 13.3 Å². The molecule has 5 nitrogen and oxygen atoms in total. The zero-order valence-corrected chi connectivity index (χ0v) is 22.9. The number of methoxy groups -OCH3 is 1. The highest BCUT2D eigenvalue weighted by molar-refractivity contribution is 5.93. The summed E-state index contributed by atoms with van der Waals surface area (Å²) in [5.74, 6) is 1.36. The monoisotopic (exact) mass is 544 g/mol. The Morgan fingerprint density at radius 2 is 1.85 bits per heavy atom. The minimum Gasteiger partial charge on any atom is -0.508 e. The van der Waals surface area contributed by atoms with Gasteiger partial charge in [-0.05, 0) is 115 Å². The van der Waals surface area contributed by atoms with Crippen molar-refractivity contribution in [2.45, 2.75) is 58.0 Å². The maximum atomic E-state index is 14.0. The maximum Gasteiger partial charge on any atom is 0.167 e. The van der Waals surface area contributed by atoms with Crippen molar-refractivity contribution in [3.63, 3.8) is 0 Å². The molecule has 2 fully saturated rings. The summed E-state index contributed by atoms with van der Waals surface area (Å²) in [5, 5.41) is 19.2. The molecule has 0 radical (unpaired) electrons. The van der Waals surface area contributed by atoms with Gasteiger partial charge < -0.3 is 14.6 Å². The van der Waals surface area contributed by atoms with E-state index in [1.165, 1.54) is 22.9 Å². The Kier molecular flexibility index (Phi) is 7.07. The van der Waals surface area contributed by atoms with Crippen molar-refractivity contribution in [2.24, 2.45) is 27.5 Å². The van der Waals surface area contributed by atoms with E-state index in [9.17, 15) is 13.9 Å². The van der Waals surface area contributed by atoms with E-state index < -0.39 is 11.6 Å². The number of benzene rings is 3. The van der Waals surface area contributed by atoms with Gasteiger partial charge in [0.05, 0.1) is 13.3 Å². The summed E-state index contributed by atoms with van der Waals surface area (Å²) < 4.78 is 38.3. The van der Waals surface area contributed by atoms with Crippen molar-refractivity contribution in [3.8, 4) is 17.2 Å². The van der Waals surface area contributed by atoms with E-state index in [-0.39, 0.29) is 17.8 Å². The minimum atomic E-state index is -0.748. The van der Waals surface area contributed by atoms with Gasteiger partial charge in [0, 0.05) is 22.8 Å². The van der Waals surface area contributed by atoms with Crippen LogP contribution in [0.2, 0.25) is 0 Å². The molecule has 0 aliphatic heterocycles. The first-order chi connectivity index (χ1) is 19.4. The Labute approximate surface area is 233 Å². The highest BCUT2D eigenvalue weighted by Gasteiger charge is 2.53. The molecular formula is C33H34F2N2O3. The van der Waals surface area contributed by atoms with Crippen LogP contribution >= 0.6 is 0 Å². The molecule has 0 aromatic heterocycles. The van der Waals surface area contributed by atoms with Gasteiger partial charge in [0.1, 0.15) is 23.9 Å². The van der Waals surface area contributed by atoms with Crippen molar-refractivity contribution < 1.29 is 23.4 Å². The minimum absolute atomic E-state index is 0.0210. The molecule has 4 unspecified atom stereocenters. The van der Waals surface area contributed by atoms with Crippen LogP contribution in [0.4, 0.5) is 8.78 Å². The van der Waals surface area contributed by atoms with Crippen LogP contribution in [0, 0.1) is 28.9 Å². The maximum absolute atomic E-state index is 14.0. The van der Waals surface area contributed by atoms with Gasteiger partial charge in [0.2, 0.25) is 0 Å². The average Bonchev–Trinajstić information content (AvgIpc) is 3.28. The first-order valence-corrected chi connectivity index (χ1v) is 14.0. The number of rotatable bonds is 6. The number of nitrogens with zero attached hydrogens (tertiary/aromatic N) is 2. The summed E-state index contributed by atoms with van der Waals surface area (Å²) in [7, 11) is 1.57. The zero-order valence-electron chi connectivity index (χ0n) is 22.9. The van der Waals surface area contributed by atoms with E-state index >= 15 is 0 Å². The number of ether oxygens (including phenoxy) is 2. The van der Waals surface area contributed by atoms with Crippen molar-refractivity contribution >= 4 is 11.9 Å². The fourth-order valence-electron chi connectivity index (χ4n) is 7.43. The van der Waals surface area contributed by atoms with Crippen LogP contribution in [0.25, 0.3) is 0 Å². The third-order valence-electron chi connectivity index (χ3n) is 9.42. The molecule has 1 N–H and O–H groups in total. The first kappa shape index (κ1) is 26.5. The van der Waals surface area contributed by atoms with Gasteiger partial charge in [0.25, 0.3) is 0 Å². The average molecular weight is 545 g/mol. The highest BCUT2D eigenvalue weighted by Crippen LogP contribution is 2.60. The van der Waals surface area contributed by atoms with Crippen LogP contribution in [0.15, 0.2) is 64.8 Å². The molecule has 0 spiro atoms. The summed E-state index contributed by atoms with van der Waals surface area (Å²) in [6, 6.07) is 14.8. The fraction of sp³-hybridized carbons (Fsp3) is 0.394. The van der Waals surface area contributed by atoms with Crippen LogP contribution < -0.4 is 9.47 Å². The summed E-state index contributed by atoms with van der Waals surface area (Å²) in [5.41, 5.74) is 5.55. The number of halogens is 2. The van der Waals surface area contributed by atoms with Crippen molar-refractivity contribution in [1.82, 2.24) is 0 Å². The molecule has 40 heavy (non-hydrogen) atoms. The lowest BCUT2D eigenvalue weighted by atomic mass is 9.55. The molecule has 3 aromatic rings. The molecule has 2 saturated carbocycles. The molecule has 0 bridgehead atoms. The Hall–Kier alpha value is -3.74. The smallest absolute Gasteiger partial charge is 0.167 e. The van der Waals surface area contributed by atoms with Crippen LogP contribution in [0.3, 0.4) is 0 Å². The highest BCUT2D eigenvalue weighted by atomic mass is 19.1. The molecule has 7 heteroatoms. The molecule has 3 aromatic carbocycles. The Morgan fingerprint density at radius 1 is 1.00 bits per heavy atom. The second-order valence-electron chi connectivity index (χ2n) is 11.5. The lowest BCUT2D eigenvalue weighted by Crippen LogP contribution is -2.42. The number of aromatic hydroxyl groups is 1. The lowest BCUT2D eigenvalue weighted by Gasteiger charge is -2.49. The van der Waals surface area contributed by atoms with E-state index in [0.717, 1.165) is 61.8 Å². The van der Waals surface area contributed by atoms with E-state index in [0.29, 0.717) is 29.3 Å². The summed E-state index contributed by atoms with van der Waals surface area (Å²) in [6.07, 6.45) is 8.26. The predicted octanol–water partition coefficient (Wildman–Crippen LogP) is 7.59. The van der Waals surface area contributed by atoms with Gasteiger partial charge >= 0.3 is 0 Å². The number of fused-ring (bicyclic) bond motifs is 5. The quantitative estimate of drug-likeness (QED) is 0.257. The van der Waals surface area contributed by atoms with Gasteiger partial charge in [-0.15, -0.1) is 0 Å². The van der Waals surface area contributed by atoms with Crippen LogP contribution in [0.5, 0.6) is 17.2 Å². The summed E-state index contributed by atoms with van der Waals surface area (Å²) in [4.78, 5) is 0. The van der Waals surface area contributed by atoms with Gasteiger partial charge in [0.15, 0.2) is 11.6 Å². The predicted molar refractivity (Wildman–Crippen MR) is 151 cm³/mol. The molecule has 4 atom stereocenters. The van der Waals surface area contributed by atoms with Crippen molar-refractivity contribution in [2.75, 3.05) is 7.11 Å². The molecular weight excluding hydrogens is 510 g/mol. The Bertz CT molecular complexity index is 1490. The normalized spacial score (nSPS) is 26.4. The number of hydrogen-bond acceptors (Lipinski definition) is 5. The number of phenols is 1. The molecule has 3 aliphatic carbocycles. The SMILES string of the molecule is COc1ccc(/C=N/N=C2\CCC3C4CCc5cc(O)ccc5C4CCC23C)cc1COc1ccc(F)cc1F. The van der Waals surface area contributed by atoms with E-state index in [2.05, 4.69) is 18.1 Å². The first-order valence-electron chi connectivity index (χ1n) is 14.0. The number of aryl methyl sites for hydroxylation is 1. The van der Waals surface area contributed by atoms with Crippen molar-refractivity contribution in [3.05, 3.63) is 88.5 Å². The number of hydrogen-bond donors (Lipinski definition) is 1. The molecule has 0 amide bonds. The topological polar surface area (TPSA) is 63.4 Å². The van der Waals surface area contributed by atoms with Gasteiger partial charge in [-0.25, -0.2) is 8.78 Å². The van der Waals surface area contributed by atoms with Gasteiger partial charge in [-0.2, -0.15) is 10.2 Å². The molecule has 3 aliphatic rings. The third kappa shape index (κ3) is 4.87. The lowest BCUT2D eigenvalue weighted by molar-refractivity contribution is 0.0955. The molecule has 0 saturated heterocycles. The summed E-state index contributed by atoms with van der Waals surface area (Å²) >= 11 is 0. The van der Waals surface area contributed by atoms with Crippen LogP contribution in [-0.2, 0) is 13.0 Å². The van der Waals surface area contributed by atoms with Crippen LogP contribution in [-0.4, -0.2) is 24.1 Å². The van der Waals surface area contributed by atoms with Crippen molar-refractivity contribution in [1.29, 1.82) is 0 Å². The Morgan fingerprint density at radius 3 is 2.67 bits per heavy atom. The third-order valence-corrected chi connectivity index (χ3v) is 9.42.